The van der Waals surface area contributed by atoms with Crippen LogP contribution in [0.2, 0.25) is 0 Å². The number of ether oxygens (including phenoxy) is 2. The molecule has 0 saturated carbocycles. The fourth-order valence-electron chi connectivity index (χ4n) is 4.00. The molecule has 0 amide bonds. The van der Waals surface area contributed by atoms with Crippen LogP contribution in [0.3, 0.4) is 0 Å². The first-order valence-corrected chi connectivity index (χ1v) is 11.4. The van der Waals surface area contributed by atoms with Gasteiger partial charge in [0.1, 0.15) is 23.8 Å². The number of benzene rings is 2. The number of alkyl halides is 4. The number of hydrogen-bond acceptors (Lipinski definition) is 7. The van der Waals surface area contributed by atoms with Gasteiger partial charge < -0.3 is 19.5 Å². The van der Waals surface area contributed by atoms with Crippen LogP contribution >= 0.6 is 0 Å². The van der Waals surface area contributed by atoms with Crippen LogP contribution in [0, 0.1) is 0 Å². The van der Waals surface area contributed by atoms with Gasteiger partial charge in [0.15, 0.2) is 5.82 Å². The Morgan fingerprint density at radius 1 is 1.03 bits per heavy atom. The molecule has 2 heterocycles. The van der Waals surface area contributed by atoms with Crippen LogP contribution in [0.5, 0.6) is 5.75 Å². The largest absolute Gasteiger partial charge is 0.573 e. The number of hydrogen-bond donors (Lipinski definition) is 1. The van der Waals surface area contributed by atoms with E-state index in [0.29, 0.717) is 36.1 Å². The predicted molar refractivity (Wildman–Crippen MR) is 127 cm³/mol. The van der Waals surface area contributed by atoms with Crippen LogP contribution in [0.15, 0.2) is 67.0 Å². The van der Waals surface area contributed by atoms with Gasteiger partial charge >= 0.3 is 12.3 Å². The van der Waals surface area contributed by atoms with Crippen LogP contribution in [0.4, 0.5) is 40.6 Å². The summed E-state index contributed by atoms with van der Waals surface area (Å²) in [5.74, 6) is -0.586. The molecule has 0 atom stereocenters. The number of aliphatic carboxylic acids is 1. The molecule has 1 aliphatic rings. The molecule has 37 heavy (non-hydrogen) atoms. The highest BCUT2D eigenvalue weighted by atomic mass is 19.4. The fraction of sp³-hybridized carbons (Fsp3) is 0.320. The second-order valence-corrected chi connectivity index (χ2v) is 8.47. The second-order valence-electron chi connectivity index (χ2n) is 8.47. The van der Waals surface area contributed by atoms with E-state index in [4.69, 9.17) is 14.8 Å². The van der Waals surface area contributed by atoms with E-state index in [2.05, 4.69) is 9.72 Å². The smallest absolute Gasteiger partial charge is 0.480 e. The molecule has 0 spiro atoms. The maximum atomic E-state index is 15.0. The summed E-state index contributed by atoms with van der Waals surface area (Å²) in [6, 6.07) is 14.5. The molecule has 1 saturated heterocycles. The third-order valence-electron chi connectivity index (χ3n) is 5.75. The Kier molecular flexibility index (Phi) is 7.77. The van der Waals surface area contributed by atoms with E-state index in [-0.39, 0.29) is 25.2 Å². The quantitative estimate of drug-likeness (QED) is 0.383. The fourth-order valence-corrected chi connectivity index (χ4v) is 4.00. The molecule has 0 aliphatic carbocycles. The summed E-state index contributed by atoms with van der Waals surface area (Å²) in [6.07, 6.45) is -1.46. The van der Waals surface area contributed by atoms with E-state index in [1.807, 2.05) is 35.2 Å². The molecule has 12 heteroatoms. The lowest BCUT2D eigenvalue weighted by Gasteiger charge is -2.36. The summed E-state index contributed by atoms with van der Waals surface area (Å²) in [4.78, 5) is 23.2. The number of carboxylic acids is 1. The number of carbonyl (C=O) groups is 1. The van der Waals surface area contributed by atoms with Gasteiger partial charge in [0, 0.05) is 37.3 Å². The highest BCUT2D eigenvalue weighted by Gasteiger charge is 2.36. The molecule has 4 rings (SSSR count). The van der Waals surface area contributed by atoms with Gasteiger partial charge in [0.2, 0.25) is 0 Å². The first-order chi connectivity index (χ1) is 17.6. The molecular weight excluding hydrogens is 496 g/mol. The zero-order valence-electron chi connectivity index (χ0n) is 19.6. The Balaban J connectivity index is 1.54. The third kappa shape index (κ3) is 7.06. The molecule has 1 aromatic heterocycles. The lowest BCUT2D eigenvalue weighted by molar-refractivity contribution is -0.274. The lowest BCUT2D eigenvalue weighted by Crippen LogP contribution is -2.45. The minimum absolute atomic E-state index is 0.127. The molecule has 2 aromatic carbocycles. The van der Waals surface area contributed by atoms with Crippen molar-refractivity contribution in [1.29, 1.82) is 0 Å². The summed E-state index contributed by atoms with van der Waals surface area (Å²) in [5.41, 5.74) is -0.396. The maximum Gasteiger partial charge on any atom is 0.573 e. The number of aromatic nitrogens is 2. The molecule has 3 aromatic rings. The normalized spacial score (nSPS) is 15.3. The molecule has 0 radical (unpaired) electrons. The zero-order valence-corrected chi connectivity index (χ0v) is 19.6. The number of halogens is 4. The SMILES string of the molecule is O=C(O)COCC1(F)CCN(c2cncc(N(c3ccccc3)c3ccc(OC(F)(F)F)cc3)n2)CC1. The van der Waals surface area contributed by atoms with Crippen molar-refractivity contribution < 1.29 is 36.9 Å². The third-order valence-corrected chi connectivity index (χ3v) is 5.75. The highest BCUT2D eigenvalue weighted by molar-refractivity contribution is 5.74. The summed E-state index contributed by atoms with van der Waals surface area (Å²) in [7, 11) is 0. The van der Waals surface area contributed by atoms with E-state index in [0.717, 1.165) is 0 Å². The monoisotopic (exact) mass is 520 g/mol. The molecule has 1 N–H and O–H groups in total. The van der Waals surface area contributed by atoms with Crippen molar-refractivity contribution in [1.82, 2.24) is 9.97 Å². The molecule has 196 valence electrons. The summed E-state index contributed by atoms with van der Waals surface area (Å²) in [5, 5.41) is 8.69. The number of piperidine rings is 1. The number of nitrogens with zero attached hydrogens (tertiary/aromatic N) is 4. The van der Waals surface area contributed by atoms with E-state index >= 15 is 4.39 Å². The number of para-hydroxylation sites is 1. The van der Waals surface area contributed by atoms with Crippen LogP contribution in [-0.4, -0.2) is 59.4 Å². The standard InChI is InChI=1S/C25H24F4N4O4/c26-24(17-36-16-23(34)35)10-12-32(13-11-24)21-14-30-15-22(31-21)33(18-4-2-1-3-5-18)19-6-8-20(9-7-19)37-25(27,28)29/h1-9,14-15H,10-13,16-17H2,(H,34,35). The van der Waals surface area contributed by atoms with Crippen molar-refractivity contribution in [2.24, 2.45) is 0 Å². The summed E-state index contributed by atoms with van der Waals surface area (Å²) >= 11 is 0. The first kappa shape index (κ1) is 26.1. The average molecular weight is 520 g/mol. The molecule has 1 fully saturated rings. The van der Waals surface area contributed by atoms with Crippen molar-refractivity contribution >= 4 is 29.0 Å². The summed E-state index contributed by atoms with van der Waals surface area (Å²) < 4.78 is 61.7. The molecule has 1 aliphatic heterocycles. The van der Waals surface area contributed by atoms with E-state index in [1.54, 1.807) is 11.1 Å². The van der Waals surface area contributed by atoms with Crippen molar-refractivity contribution in [3.8, 4) is 5.75 Å². The molecular formula is C25H24F4N4O4. The molecule has 0 unspecified atom stereocenters. The van der Waals surface area contributed by atoms with Crippen LogP contribution in [0.1, 0.15) is 12.8 Å². The second kappa shape index (κ2) is 11.0. The Labute approximate surface area is 210 Å². The van der Waals surface area contributed by atoms with Crippen molar-refractivity contribution in [2.45, 2.75) is 24.9 Å². The number of anilines is 4. The van der Waals surface area contributed by atoms with E-state index in [9.17, 15) is 18.0 Å². The van der Waals surface area contributed by atoms with Gasteiger partial charge in [0.25, 0.3) is 0 Å². The van der Waals surface area contributed by atoms with E-state index in [1.165, 1.54) is 30.5 Å². The number of carboxylic acid groups (broad SMARTS) is 1. The van der Waals surface area contributed by atoms with Crippen molar-refractivity contribution in [3.63, 3.8) is 0 Å². The van der Waals surface area contributed by atoms with Gasteiger partial charge in [-0.3, -0.25) is 9.88 Å². The van der Waals surface area contributed by atoms with Gasteiger partial charge in [-0.2, -0.15) is 0 Å². The van der Waals surface area contributed by atoms with Gasteiger partial charge in [0.05, 0.1) is 19.0 Å². The minimum atomic E-state index is -4.80. The van der Waals surface area contributed by atoms with Gasteiger partial charge in [-0.25, -0.2) is 14.2 Å². The Hall–Kier alpha value is -3.93. The summed E-state index contributed by atoms with van der Waals surface area (Å²) in [6.45, 7) is -0.212. The predicted octanol–water partition coefficient (Wildman–Crippen LogP) is 5.25. The Bertz CT molecular complexity index is 1190. The highest BCUT2D eigenvalue weighted by Crippen LogP contribution is 2.36. The topological polar surface area (TPSA) is 88.0 Å². The molecule has 8 nitrogen and oxygen atoms in total. The van der Waals surface area contributed by atoms with Gasteiger partial charge in [-0.15, -0.1) is 13.2 Å². The van der Waals surface area contributed by atoms with E-state index < -0.39 is 24.6 Å². The van der Waals surface area contributed by atoms with Gasteiger partial charge in [-0.05, 0) is 36.4 Å². The molecule has 0 bridgehead atoms. The Morgan fingerprint density at radius 2 is 1.68 bits per heavy atom. The minimum Gasteiger partial charge on any atom is -0.480 e. The van der Waals surface area contributed by atoms with Crippen LogP contribution in [-0.2, 0) is 9.53 Å². The maximum absolute atomic E-state index is 15.0. The lowest BCUT2D eigenvalue weighted by atomic mass is 9.94. The van der Waals surface area contributed by atoms with Gasteiger partial charge in [-0.1, -0.05) is 18.2 Å². The van der Waals surface area contributed by atoms with Crippen LogP contribution in [0.25, 0.3) is 0 Å². The first-order valence-electron chi connectivity index (χ1n) is 11.4. The zero-order chi connectivity index (χ0) is 26.5. The number of rotatable bonds is 9. The van der Waals surface area contributed by atoms with Crippen molar-refractivity contribution in [2.75, 3.05) is 36.1 Å². The van der Waals surface area contributed by atoms with Crippen molar-refractivity contribution in [3.05, 3.63) is 67.0 Å². The Morgan fingerprint density at radius 3 is 2.30 bits per heavy atom. The van der Waals surface area contributed by atoms with Crippen LogP contribution < -0.4 is 14.5 Å². The average Bonchev–Trinajstić information content (AvgIpc) is 2.85.